The van der Waals surface area contributed by atoms with Crippen LogP contribution in [0.15, 0.2) is 12.5 Å². The third-order valence-corrected chi connectivity index (χ3v) is 2.64. The lowest BCUT2D eigenvalue weighted by Gasteiger charge is -2.27. The Balaban J connectivity index is 2.02. The molecule has 6 nitrogen and oxygen atoms in total. The smallest absolute Gasteiger partial charge is 0.161 e. The normalized spacial score (nSPS) is 17.2. The number of nitrogens with one attached hydrogen (secondary N) is 2. The summed E-state index contributed by atoms with van der Waals surface area (Å²) in [6, 6.07) is 0. The second-order valence-electron chi connectivity index (χ2n) is 3.57. The molecule has 6 heteroatoms. The predicted molar refractivity (Wildman–Crippen MR) is 56.8 cm³/mol. The first-order valence-corrected chi connectivity index (χ1v) is 5.05. The summed E-state index contributed by atoms with van der Waals surface area (Å²) in [7, 11) is 0. The molecule has 0 radical (unpaired) electrons. The van der Waals surface area contributed by atoms with Gasteiger partial charge in [0, 0.05) is 32.4 Å². The van der Waals surface area contributed by atoms with Crippen molar-refractivity contribution in [2.75, 3.05) is 31.1 Å². The zero-order chi connectivity index (χ0) is 10.1. The van der Waals surface area contributed by atoms with Crippen molar-refractivity contribution in [1.29, 1.82) is 0 Å². The van der Waals surface area contributed by atoms with E-state index in [0.717, 1.165) is 43.0 Å². The molecule has 0 saturated carbocycles. The van der Waals surface area contributed by atoms with E-state index in [1.165, 1.54) is 6.33 Å². The summed E-state index contributed by atoms with van der Waals surface area (Å²) < 4.78 is 0. The monoisotopic (exact) mass is 204 g/mol. The van der Waals surface area contributed by atoms with Gasteiger partial charge in [0.2, 0.25) is 0 Å². The van der Waals surface area contributed by atoms with Crippen molar-refractivity contribution in [3.05, 3.63) is 12.5 Å². The highest BCUT2D eigenvalue weighted by molar-refractivity contribution is 5.86. The fourth-order valence-corrected chi connectivity index (χ4v) is 1.87. The first-order valence-electron chi connectivity index (χ1n) is 5.05. The minimum atomic E-state index is 0.804. The van der Waals surface area contributed by atoms with Crippen LogP contribution in [-0.4, -0.2) is 46.3 Å². The van der Waals surface area contributed by atoms with Gasteiger partial charge in [0.25, 0.3) is 0 Å². The van der Waals surface area contributed by atoms with Crippen LogP contribution in [0.5, 0.6) is 0 Å². The first kappa shape index (κ1) is 8.60. The maximum absolute atomic E-state index is 4.29. The molecular formula is C9H12N6. The molecule has 1 aliphatic heterocycles. The molecule has 1 aliphatic rings. The van der Waals surface area contributed by atoms with E-state index >= 15 is 0 Å². The molecule has 2 aromatic heterocycles. The van der Waals surface area contributed by atoms with Gasteiger partial charge in [0.05, 0.1) is 5.39 Å². The lowest BCUT2D eigenvalue weighted by molar-refractivity contribution is 0.585. The molecule has 2 aromatic rings. The first-order chi connectivity index (χ1) is 7.45. The highest BCUT2D eigenvalue weighted by atomic mass is 15.3. The number of piperazine rings is 1. The second kappa shape index (κ2) is 3.47. The quantitative estimate of drug-likeness (QED) is 0.671. The third kappa shape index (κ3) is 1.42. The van der Waals surface area contributed by atoms with Gasteiger partial charge in [-0.3, -0.25) is 5.10 Å². The van der Waals surface area contributed by atoms with Gasteiger partial charge in [0.1, 0.15) is 6.33 Å². The van der Waals surface area contributed by atoms with E-state index in [1.807, 2.05) is 6.20 Å². The van der Waals surface area contributed by atoms with Crippen LogP contribution in [0.4, 0.5) is 5.82 Å². The molecule has 0 aromatic carbocycles. The Morgan fingerprint density at radius 1 is 1.27 bits per heavy atom. The summed E-state index contributed by atoms with van der Waals surface area (Å²) in [5.41, 5.74) is 0.804. The number of fused-ring (bicyclic) bond motifs is 1. The second-order valence-corrected chi connectivity index (χ2v) is 3.57. The Labute approximate surface area is 86.7 Å². The van der Waals surface area contributed by atoms with Crippen molar-refractivity contribution in [1.82, 2.24) is 25.5 Å². The molecule has 0 aliphatic carbocycles. The lowest BCUT2D eigenvalue weighted by atomic mass is 10.3. The fourth-order valence-electron chi connectivity index (χ4n) is 1.87. The average Bonchev–Trinajstić information content (AvgIpc) is 2.74. The van der Waals surface area contributed by atoms with Crippen LogP contribution < -0.4 is 10.2 Å². The van der Waals surface area contributed by atoms with E-state index in [9.17, 15) is 0 Å². The van der Waals surface area contributed by atoms with E-state index < -0.39 is 0 Å². The van der Waals surface area contributed by atoms with Crippen LogP contribution in [0.2, 0.25) is 0 Å². The zero-order valence-corrected chi connectivity index (χ0v) is 8.27. The largest absolute Gasteiger partial charge is 0.352 e. The van der Waals surface area contributed by atoms with E-state index in [1.54, 1.807) is 0 Å². The highest BCUT2D eigenvalue weighted by Crippen LogP contribution is 2.21. The summed E-state index contributed by atoms with van der Waals surface area (Å²) in [4.78, 5) is 10.4. The fraction of sp³-hybridized carbons (Fsp3) is 0.444. The molecular weight excluding hydrogens is 192 g/mol. The third-order valence-electron chi connectivity index (χ3n) is 2.64. The molecule has 3 heterocycles. The SMILES string of the molecule is c1ncc2c(N3CCNCC3)n[nH]c2n1. The van der Waals surface area contributed by atoms with Crippen LogP contribution in [-0.2, 0) is 0 Å². The van der Waals surface area contributed by atoms with E-state index in [2.05, 4.69) is 30.4 Å². The van der Waals surface area contributed by atoms with Gasteiger partial charge in [-0.05, 0) is 0 Å². The van der Waals surface area contributed by atoms with Crippen LogP contribution >= 0.6 is 0 Å². The maximum atomic E-state index is 4.29. The zero-order valence-electron chi connectivity index (χ0n) is 8.27. The summed E-state index contributed by atoms with van der Waals surface area (Å²) in [6.07, 6.45) is 3.34. The lowest BCUT2D eigenvalue weighted by Crippen LogP contribution is -2.43. The number of H-pyrrole nitrogens is 1. The summed E-state index contributed by atoms with van der Waals surface area (Å²) in [5, 5.41) is 11.5. The molecule has 3 rings (SSSR count). The van der Waals surface area contributed by atoms with Gasteiger partial charge in [0.15, 0.2) is 11.5 Å². The Morgan fingerprint density at radius 3 is 3.00 bits per heavy atom. The highest BCUT2D eigenvalue weighted by Gasteiger charge is 2.16. The minimum absolute atomic E-state index is 0.804. The standard InChI is InChI=1S/C9H12N6/c1-3-15(4-2-10-1)9-7-5-11-6-12-8(7)13-14-9/h5-6,10H,1-4H2,(H,11,12,13,14). The number of anilines is 1. The molecule has 0 spiro atoms. The van der Waals surface area contributed by atoms with Gasteiger partial charge in [-0.15, -0.1) is 0 Å². The number of nitrogens with zero attached hydrogens (tertiary/aromatic N) is 4. The van der Waals surface area contributed by atoms with Crippen LogP contribution in [0.3, 0.4) is 0 Å². The number of rotatable bonds is 1. The Morgan fingerprint density at radius 2 is 2.13 bits per heavy atom. The van der Waals surface area contributed by atoms with Crippen molar-refractivity contribution in [3.63, 3.8) is 0 Å². The number of hydrogen-bond donors (Lipinski definition) is 2. The van der Waals surface area contributed by atoms with Gasteiger partial charge in [-0.2, -0.15) is 5.10 Å². The minimum Gasteiger partial charge on any atom is -0.352 e. The predicted octanol–water partition coefficient (Wildman–Crippen LogP) is -0.238. The number of aromatic nitrogens is 4. The van der Waals surface area contributed by atoms with Crippen molar-refractivity contribution in [2.24, 2.45) is 0 Å². The number of hydrogen-bond acceptors (Lipinski definition) is 5. The van der Waals surface area contributed by atoms with Crippen molar-refractivity contribution >= 4 is 16.9 Å². The molecule has 0 amide bonds. The Kier molecular flexibility index (Phi) is 1.99. The average molecular weight is 204 g/mol. The Hall–Kier alpha value is -1.69. The molecule has 0 atom stereocenters. The maximum Gasteiger partial charge on any atom is 0.161 e. The van der Waals surface area contributed by atoms with E-state index in [0.29, 0.717) is 0 Å². The summed E-state index contributed by atoms with van der Waals surface area (Å²) >= 11 is 0. The van der Waals surface area contributed by atoms with Crippen LogP contribution in [0, 0.1) is 0 Å². The molecule has 0 unspecified atom stereocenters. The molecule has 1 fully saturated rings. The molecule has 2 N–H and O–H groups in total. The van der Waals surface area contributed by atoms with Crippen molar-refractivity contribution in [2.45, 2.75) is 0 Å². The van der Waals surface area contributed by atoms with Crippen molar-refractivity contribution < 1.29 is 0 Å². The van der Waals surface area contributed by atoms with E-state index in [4.69, 9.17) is 0 Å². The molecule has 15 heavy (non-hydrogen) atoms. The Bertz CT molecular complexity index is 458. The van der Waals surface area contributed by atoms with Crippen LogP contribution in [0.25, 0.3) is 11.0 Å². The van der Waals surface area contributed by atoms with Gasteiger partial charge in [-0.1, -0.05) is 0 Å². The van der Waals surface area contributed by atoms with E-state index in [-0.39, 0.29) is 0 Å². The number of aromatic amines is 1. The van der Waals surface area contributed by atoms with Gasteiger partial charge in [-0.25, -0.2) is 9.97 Å². The van der Waals surface area contributed by atoms with Gasteiger partial charge >= 0.3 is 0 Å². The van der Waals surface area contributed by atoms with Crippen LogP contribution in [0.1, 0.15) is 0 Å². The molecule has 1 saturated heterocycles. The summed E-state index contributed by atoms with van der Waals surface area (Å²) in [6.45, 7) is 3.97. The topological polar surface area (TPSA) is 69.7 Å². The molecule has 78 valence electrons. The van der Waals surface area contributed by atoms with Crippen molar-refractivity contribution in [3.8, 4) is 0 Å². The summed E-state index contributed by atoms with van der Waals surface area (Å²) in [5.74, 6) is 0.965. The van der Waals surface area contributed by atoms with Gasteiger partial charge < -0.3 is 10.2 Å². The molecule has 0 bridgehead atoms.